The van der Waals surface area contributed by atoms with Crippen LogP contribution in [0.15, 0.2) is 18.3 Å². The number of rotatable bonds is 2. The van der Waals surface area contributed by atoms with Gasteiger partial charge >= 0.3 is 12.4 Å². The molecular weight excluding hydrogens is 454 g/mol. The maximum absolute atomic E-state index is 12.5. The second-order valence-corrected chi connectivity index (χ2v) is 6.66. The fraction of sp³-hybridized carbons (Fsp3) is 0.333. The molecule has 0 amide bonds. The van der Waals surface area contributed by atoms with E-state index >= 15 is 0 Å². The van der Waals surface area contributed by atoms with Gasteiger partial charge in [0.2, 0.25) is 0 Å². The molecule has 4 nitrogen and oxygen atoms in total. The minimum Gasteiger partial charge on any atom is -0.498 e. The Morgan fingerprint density at radius 3 is 1.83 bits per heavy atom. The summed E-state index contributed by atoms with van der Waals surface area (Å²) in [6.45, 7) is 4.05. The minimum absolute atomic E-state index is 0.00648. The highest BCUT2D eigenvalue weighted by molar-refractivity contribution is 7.80. The molecule has 1 N–H and O–H groups in total. The largest absolute Gasteiger partial charge is 0.498 e. The van der Waals surface area contributed by atoms with E-state index in [4.69, 9.17) is 17.3 Å². The summed E-state index contributed by atoms with van der Waals surface area (Å²) in [5, 5.41) is 8.43. The van der Waals surface area contributed by atoms with Crippen molar-refractivity contribution < 1.29 is 36.2 Å². The van der Waals surface area contributed by atoms with Gasteiger partial charge in [-0.15, -0.1) is 0 Å². The van der Waals surface area contributed by atoms with Crippen LogP contribution in [0.2, 0.25) is 0 Å². The van der Waals surface area contributed by atoms with E-state index in [2.05, 4.69) is 26.9 Å². The molecule has 2 aromatic rings. The van der Waals surface area contributed by atoms with Crippen molar-refractivity contribution in [2.45, 2.75) is 33.1 Å². The fourth-order valence-electron chi connectivity index (χ4n) is 2.28. The maximum atomic E-state index is 12.5. The summed E-state index contributed by atoms with van der Waals surface area (Å²) in [5.74, 6) is 0. The van der Waals surface area contributed by atoms with Gasteiger partial charge in [-0.3, -0.25) is 9.97 Å². The Kier molecular flexibility index (Phi) is 8.26. The highest BCUT2D eigenvalue weighted by Crippen LogP contribution is 2.32. The molecule has 12 heteroatoms. The van der Waals surface area contributed by atoms with Crippen molar-refractivity contribution in [3.05, 3.63) is 57.7 Å². The van der Waals surface area contributed by atoms with E-state index in [1.54, 1.807) is 0 Å². The monoisotopic (exact) mass is 470 g/mol. The number of aliphatic hydroxyl groups is 1. The van der Waals surface area contributed by atoms with Gasteiger partial charge in [-0.05, 0) is 57.3 Å². The first-order valence-corrected chi connectivity index (χ1v) is 8.82. The summed E-state index contributed by atoms with van der Waals surface area (Å²) in [6, 6.07) is 1.76. The van der Waals surface area contributed by atoms with Crippen molar-refractivity contribution in [2.75, 3.05) is 7.11 Å². The maximum Gasteiger partial charge on any atom is 0.418 e. The van der Waals surface area contributed by atoms with Crippen molar-refractivity contribution in [3.63, 3.8) is 0 Å². The van der Waals surface area contributed by atoms with Crippen LogP contribution in [-0.4, -0.2) is 32.3 Å². The molecule has 2 rings (SSSR count). The summed E-state index contributed by atoms with van der Waals surface area (Å²) in [7, 11) is 1.30. The van der Waals surface area contributed by atoms with E-state index in [1.165, 1.54) is 34.1 Å². The third-order valence-corrected chi connectivity index (χ3v) is 4.38. The fourth-order valence-corrected chi connectivity index (χ4v) is 2.60. The lowest BCUT2D eigenvalue weighted by Crippen LogP contribution is -2.12. The number of aryl methyl sites for hydroxylation is 3. The summed E-state index contributed by atoms with van der Waals surface area (Å²) < 4.78 is 79.5. The molecule has 0 aliphatic carbocycles. The molecule has 0 aromatic carbocycles. The first-order valence-electron chi connectivity index (χ1n) is 8.00. The van der Waals surface area contributed by atoms with Gasteiger partial charge < -0.3 is 9.84 Å². The molecule has 0 saturated heterocycles. The standard InChI is InChI=1S/2C9H8F3NOS/c1-5-7(9(10,11)12)3-6(4-13-5)8(15)14-2;1-4-6(8(14)15)3-7(5(2)13-4)9(10,11)12/h3-4H,1-2H3;3H,1-2H3,(H,14,15). The predicted octanol–water partition coefficient (Wildman–Crippen LogP) is 5.68. The lowest BCUT2D eigenvalue weighted by atomic mass is 10.1. The molecular formula is C18H16F6N2O2S2. The molecule has 0 aliphatic heterocycles. The summed E-state index contributed by atoms with van der Waals surface area (Å²) in [5.41, 5.74) is -1.48. The third-order valence-electron chi connectivity index (χ3n) is 3.75. The van der Waals surface area contributed by atoms with E-state index in [1.807, 2.05) is 0 Å². The predicted molar refractivity (Wildman–Crippen MR) is 106 cm³/mol. The molecule has 0 unspecified atom stereocenters. The molecule has 0 atom stereocenters. The Bertz CT molecular complexity index is 959. The highest BCUT2D eigenvalue weighted by Gasteiger charge is 2.34. The number of methoxy groups -OCH3 is 1. The number of alkyl halides is 6. The van der Waals surface area contributed by atoms with E-state index in [0.29, 0.717) is 0 Å². The van der Waals surface area contributed by atoms with Crippen LogP contribution in [0.5, 0.6) is 0 Å². The number of ether oxygens (including phenoxy) is 1. The van der Waals surface area contributed by atoms with Crippen LogP contribution in [0.1, 0.15) is 39.3 Å². The Hall–Kier alpha value is -2.34. The first-order chi connectivity index (χ1) is 13.6. The minimum atomic E-state index is -4.48. The van der Waals surface area contributed by atoms with Crippen LogP contribution in [-0.2, 0) is 17.1 Å². The van der Waals surface area contributed by atoms with Gasteiger partial charge in [-0.25, -0.2) is 0 Å². The number of aromatic nitrogens is 2. The van der Waals surface area contributed by atoms with E-state index in [9.17, 15) is 26.3 Å². The van der Waals surface area contributed by atoms with Gasteiger partial charge in [0.05, 0.1) is 18.2 Å². The Morgan fingerprint density at radius 2 is 1.40 bits per heavy atom. The second-order valence-electron chi connectivity index (χ2n) is 5.90. The van der Waals surface area contributed by atoms with Gasteiger partial charge in [0.15, 0.2) is 10.1 Å². The lowest BCUT2D eigenvalue weighted by Gasteiger charge is -2.12. The molecule has 0 aliphatic rings. The molecule has 0 fully saturated rings. The summed E-state index contributed by atoms with van der Waals surface area (Å²) in [6.07, 6.45) is -7.64. The van der Waals surface area contributed by atoms with E-state index in [-0.39, 0.29) is 33.3 Å². The number of hydrogen-bond donors (Lipinski definition) is 1. The van der Waals surface area contributed by atoms with Gasteiger partial charge in [0.1, 0.15) is 0 Å². The van der Waals surface area contributed by atoms with Crippen LogP contribution in [0, 0.1) is 20.8 Å². The molecule has 2 aromatic heterocycles. The number of hydrogen-bond acceptors (Lipinski definition) is 5. The second kappa shape index (κ2) is 9.65. The van der Waals surface area contributed by atoms with Gasteiger partial charge in [-0.1, -0.05) is 0 Å². The molecule has 30 heavy (non-hydrogen) atoms. The SMILES string of the molecule is COC(=S)c1cnc(C)c(C(F)(F)F)c1.Cc1nc(C)c(C(F)(F)F)cc1C(O)=S. The Labute approximate surface area is 178 Å². The number of halogens is 6. The lowest BCUT2D eigenvalue weighted by molar-refractivity contribution is -0.139. The quantitative estimate of drug-likeness (QED) is 0.450. The number of pyridine rings is 2. The summed E-state index contributed by atoms with van der Waals surface area (Å²) >= 11 is 9.14. The van der Waals surface area contributed by atoms with Gasteiger partial charge in [0, 0.05) is 34.4 Å². The van der Waals surface area contributed by atoms with Crippen molar-refractivity contribution in [1.82, 2.24) is 9.97 Å². The molecule has 0 radical (unpaired) electrons. The molecule has 0 spiro atoms. The Morgan fingerprint density at radius 1 is 0.900 bits per heavy atom. The zero-order valence-corrected chi connectivity index (χ0v) is 17.7. The zero-order chi connectivity index (χ0) is 23.4. The molecule has 0 bridgehead atoms. The van der Waals surface area contributed by atoms with Crippen LogP contribution >= 0.6 is 24.4 Å². The van der Waals surface area contributed by atoms with Crippen LogP contribution in [0.4, 0.5) is 26.3 Å². The highest BCUT2D eigenvalue weighted by atomic mass is 32.1. The normalized spacial score (nSPS) is 11.4. The van der Waals surface area contributed by atoms with Gasteiger partial charge in [0.25, 0.3) is 0 Å². The van der Waals surface area contributed by atoms with Crippen molar-refractivity contribution in [3.8, 4) is 0 Å². The van der Waals surface area contributed by atoms with Crippen LogP contribution < -0.4 is 0 Å². The van der Waals surface area contributed by atoms with Crippen molar-refractivity contribution >= 4 is 34.5 Å². The van der Waals surface area contributed by atoms with E-state index in [0.717, 1.165) is 12.1 Å². The average Bonchev–Trinajstić information content (AvgIpc) is 2.59. The smallest absolute Gasteiger partial charge is 0.418 e. The molecule has 0 saturated carbocycles. The third kappa shape index (κ3) is 6.59. The number of nitrogens with zero attached hydrogens (tertiary/aromatic N) is 2. The van der Waals surface area contributed by atoms with Crippen LogP contribution in [0.25, 0.3) is 0 Å². The molecule has 164 valence electrons. The van der Waals surface area contributed by atoms with Crippen LogP contribution in [0.3, 0.4) is 0 Å². The Balaban J connectivity index is 0.000000300. The van der Waals surface area contributed by atoms with Crippen molar-refractivity contribution in [1.29, 1.82) is 0 Å². The average molecular weight is 470 g/mol. The van der Waals surface area contributed by atoms with Gasteiger partial charge in [-0.2, -0.15) is 26.3 Å². The number of aliphatic hydroxyl groups excluding tert-OH is 1. The van der Waals surface area contributed by atoms with E-state index < -0.39 is 28.5 Å². The number of thiocarbonyl (C=S) groups is 2. The molecule has 2 heterocycles. The van der Waals surface area contributed by atoms with Crippen molar-refractivity contribution in [2.24, 2.45) is 0 Å². The first kappa shape index (κ1) is 25.7. The zero-order valence-electron chi connectivity index (χ0n) is 16.1. The summed E-state index contributed by atoms with van der Waals surface area (Å²) in [4.78, 5) is 7.32. The topological polar surface area (TPSA) is 55.2 Å².